The van der Waals surface area contributed by atoms with Crippen LogP contribution in [0.5, 0.6) is 5.75 Å². The molecule has 0 unspecified atom stereocenters. The van der Waals surface area contributed by atoms with Gasteiger partial charge in [-0.3, -0.25) is 0 Å². The topological polar surface area (TPSA) is 84.0 Å². The molecule has 0 saturated heterocycles. The van der Waals surface area contributed by atoms with Gasteiger partial charge in [0, 0.05) is 11.0 Å². The molecule has 0 aliphatic rings. The van der Waals surface area contributed by atoms with Crippen molar-refractivity contribution in [2.24, 2.45) is 10.8 Å². The van der Waals surface area contributed by atoms with Crippen LogP contribution in [0.15, 0.2) is 65.8 Å². The summed E-state index contributed by atoms with van der Waals surface area (Å²) < 4.78 is 5.63. The van der Waals surface area contributed by atoms with E-state index in [-0.39, 0.29) is 12.6 Å². The third-order valence-corrected chi connectivity index (χ3v) is 3.17. The maximum absolute atomic E-state index is 8.70. The Morgan fingerprint density at radius 3 is 2.29 bits per heavy atom. The molecule has 0 aliphatic carbocycles. The molecule has 108 valence electrons. The molecule has 2 aromatic rings. The highest BCUT2D eigenvalue weighted by molar-refractivity contribution is 5.21. The van der Waals surface area contributed by atoms with Gasteiger partial charge in [0.05, 0.1) is 12.6 Å². The van der Waals surface area contributed by atoms with Gasteiger partial charge in [-0.25, -0.2) is 0 Å². The van der Waals surface area contributed by atoms with Crippen molar-refractivity contribution in [3.05, 3.63) is 76.7 Å². The van der Waals surface area contributed by atoms with E-state index in [9.17, 15) is 0 Å². The second kappa shape index (κ2) is 7.94. The summed E-state index contributed by atoms with van der Waals surface area (Å²) in [5.74, 6) is 0.738. The number of hydrogen-bond donors (Lipinski definition) is 1. The van der Waals surface area contributed by atoms with Crippen molar-refractivity contribution in [3.63, 3.8) is 0 Å². The normalized spacial score (nSPS) is 13.0. The van der Waals surface area contributed by atoms with Crippen LogP contribution in [0.3, 0.4) is 0 Å². The van der Waals surface area contributed by atoms with Crippen LogP contribution in [0.4, 0.5) is 0 Å². The van der Waals surface area contributed by atoms with Gasteiger partial charge in [-0.2, -0.15) is 0 Å². The quantitative estimate of drug-likeness (QED) is 0.480. The van der Waals surface area contributed by atoms with Gasteiger partial charge < -0.3 is 10.5 Å². The fourth-order valence-corrected chi connectivity index (χ4v) is 2.03. The van der Waals surface area contributed by atoms with E-state index in [1.165, 1.54) is 0 Å². The summed E-state index contributed by atoms with van der Waals surface area (Å²) in [7, 11) is 0. The third-order valence-electron chi connectivity index (χ3n) is 3.17. The van der Waals surface area contributed by atoms with Crippen LogP contribution in [-0.2, 0) is 6.42 Å². The maximum Gasteiger partial charge on any atom is 0.119 e. The Morgan fingerprint density at radius 1 is 1.05 bits per heavy atom. The third kappa shape index (κ3) is 4.84. The molecular weight excluding hydrogens is 264 g/mol. The maximum atomic E-state index is 8.70. The molecule has 2 rings (SSSR count). The van der Waals surface area contributed by atoms with Crippen LogP contribution >= 0.6 is 0 Å². The Bertz CT molecular complexity index is 582. The molecule has 0 bridgehead atoms. The van der Waals surface area contributed by atoms with E-state index in [4.69, 9.17) is 16.0 Å². The first-order chi connectivity index (χ1) is 10.3. The molecule has 5 heteroatoms. The Morgan fingerprint density at radius 2 is 1.67 bits per heavy atom. The van der Waals surface area contributed by atoms with E-state index in [0.29, 0.717) is 6.42 Å². The molecule has 0 spiro atoms. The van der Waals surface area contributed by atoms with Gasteiger partial charge in [0.15, 0.2) is 0 Å². The summed E-state index contributed by atoms with van der Waals surface area (Å²) in [6.07, 6.45) is 0.642. The highest BCUT2D eigenvalue weighted by atomic mass is 16.5. The fourth-order valence-electron chi connectivity index (χ4n) is 2.03. The van der Waals surface area contributed by atoms with Crippen molar-refractivity contribution in [1.29, 1.82) is 0 Å². The van der Waals surface area contributed by atoms with Crippen LogP contribution in [0.1, 0.15) is 5.56 Å². The average Bonchev–Trinajstić information content (AvgIpc) is 2.53. The second-order valence-corrected chi connectivity index (χ2v) is 4.75. The molecule has 0 aliphatic heterocycles. The second-order valence-electron chi connectivity index (χ2n) is 4.75. The zero-order valence-corrected chi connectivity index (χ0v) is 11.7. The number of azide groups is 1. The van der Waals surface area contributed by atoms with E-state index in [1.54, 1.807) is 0 Å². The number of nitrogens with two attached hydrogens (primary N) is 1. The van der Waals surface area contributed by atoms with Gasteiger partial charge >= 0.3 is 0 Å². The molecule has 2 N–H and O–H groups in total. The Hall–Kier alpha value is -2.49. The van der Waals surface area contributed by atoms with Gasteiger partial charge in [0.1, 0.15) is 5.75 Å². The summed E-state index contributed by atoms with van der Waals surface area (Å²) in [5, 5.41) is 3.77. The average molecular weight is 282 g/mol. The van der Waals surface area contributed by atoms with Crippen molar-refractivity contribution in [2.45, 2.75) is 18.5 Å². The minimum atomic E-state index is -0.407. The lowest BCUT2D eigenvalue weighted by atomic mass is 10.0. The lowest BCUT2D eigenvalue weighted by Gasteiger charge is -2.20. The smallest absolute Gasteiger partial charge is 0.119 e. The van der Waals surface area contributed by atoms with Crippen molar-refractivity contribution in [3.8, 4) is 5.75 Å². The lowest BCUT2D eigenvalue weighted by molar-refractivity contribution is 0.269. The number of hydrogen-bond acceptors (Lipinski definition) is 3. The zero-order valence-electron chi connectivity index (χ0n) is 11.7. The molecule has 0 aromatic heterocycles. The summed E-state index contributed by atoms with van der Waals surface area (Å²) in [6.45, 7) is 0.266. The number of nitrogens with zero attached hydrogens (tertiary/aromatic N) is 3. The van der Waals surface area contributed by atoms with Gasteiger partial charge in [0.2, 0.25) is 0 Å². The van der Waals surface area contributed by atoms with Crippen molar-refractivity contribution in [2.75, 3.05) is 6.61 Å². The summed E-state index contributed by atoms with van der Waals surface area (Å²) in [5.41, 5.74) is 16.0. The largest absolute Gasteiger partial charge is 0.493 e. The molecule has 0 heterocycles. The van der Waals surface area contributed by atoms with Crippen LogP contribution in [-0.4, -0.2) is 18.7 Å². The van der Waals surface area contributed by atoms with Gasteiger partial charge in [-0.05, 0) is 29.6 Å². The standard InChI is InChI=1S/C16H18N4O/c17-15(11-13-7-3-1-4-8-13)16(19-20-18)12-21-14-9-5-2-6-10-14/h1-10,15-16H,11-12,17H2/t15-,16-/m0/s1. The van der Waals surface area contributed by atoms with Gasteiger partial charge in [-0.15, -0.1) is 0 Å². The first-order valence-electron chi connectivity index (χ1n) is 6.81. The zero-order chi connectivity index (χ0) is 14.9. The number of para-hydroxylation sites is 1. The Balaban J connectivity index is 1.96. The predicted octanol–water partition coefficient (Wildman–Crippen LogP) is 3.31. The molecule has 2 aromatic carbocycles. The van der Waals surface area contributed by atoms with Crippen molar-refractivity contribution < 1.29 is 4.74 Å². The van der Waals surface area contributed by atoms with Crippen molar-refractivity contribution >= 4 is 0 Å². The van der Waals surface area contributed by atoms with Gasteiger partial charge in [0.25, 0.3) is 0 Å². The molecule has 5 nitrogen and oxygen atoms in total. The predicted molar refractivity (Wildman–Crippen MR) is 83.0 cm³/mol. The van der Waals surface area contributed by atoms with Crippen LogP contribution in [0.2, 0.25) is 0 Å². The fraction of sp³-hybridized carbons (Fsp3) is 0.250. The molecule has 0 fully saturated rings. The highest BCUT2D eigenvalue weighted by Gasteiger charge is 2.17. The van der Waals surface area contributed by atoms with Crippen LogP contribution in [0, 0.1) is 0 Å². The molecule has 0 radical (unpaired) electrons. The first kappa shape index (κ1) is 14.9. The Kier molecular flexibility index (Phi) is 5.64. The summed E-state index contributed by atoms with van der Waals surface area (Å²) in [4.78, 5) is 2.88. The Labute approximate surface area is 124 Å². The monoisotopic (exact) mass is 282 g/mol. The number of rotatable bonds is 7. The van der Waals surface area contributed by atoms with E-state index >= 15 is 0 Å². The van der Waals surface area contributed by atoms with Gasteiger partial charge in [-0.1, -0.05) is 53.6 Å². The van der Waals surface area contributed by atoms with Crippen molar-refractivity contribution in [1.82, 2.24) is 0 Å². The highest BCUT2D eigenvalue weighted by Crippen LogP contribution is 2.12. The van der Waals surface area contributed by atoms with E-state index < -0.39 is 6.04 Å². The van der Waals surface area contributed by atoms with Crippen LogP contribution in [0.25, 0.3) is 10.4 Å². The molecular formula is C16H18N4O. The van der Waals surface area contributed by atoms with E-state index in [2.05, 4.69) is 10.0 Å². The minimum absolute atomic E-state index is 0.266. The molecule has 0 saturated carbocycles. The lowest BCUT2D eigenvalue weighted by Crippen LogP contribution is -2.39. The molecule has 0 amide bonds. The molecule has 2 atom stereocenters. The SMILES string of the molecule is [N-]=[N+]=N[C@@H](COc1ccccc1)[C@@H](N)Cc1ccccc1. The van der Waals surface area contributed by atoms with E-state index in [0.717, 1.165) is 11.3 Å². The van der Waals surface area contributed by atoms with E-state index in [1.807, 2.05) is 60.7 Å². The first-order valence-corrected chi connectivity index (χ1v) is 6.81. The minimum Gasteiger partial charge on any atom is -0.493 e. The molecule has 21 heavy (non-hydrogen) atoms. The summed E-state index contributed by atoms with van der Waals surface area (Å²) in [6, 6.07) is 18.6. The number of ether oxygens (including phenoxy) is 1. The number of benzene rings is 2. The summed E-state index contributed by atoms with van der Waals surface area (Å²) >= 11 is 0. The van der Waals surface area contributed by atoms with Crippen LogP contribution < -0.4 is 10.5 Å².